The van der Waals surface area contributed by atoms with E-state index in [2.05, 4.69) is 15.3 Å². The SMILES string of the molecule is CCOc1ccc(CN(C)[C@@H](C)C(=O)Nc2ccc3[nH]c(=O)[nH]c3c2)cc1OC. The van der Waals surface area contributed by atoms with Gasteiger partial charge in [-0.25, -0.2) is 4.79 Å². The molecule has 8 nitrogen and oxygen atoms in total. The average Bonchev–Trinajstić information content (AvgIpc) is 3.07. The van der Waals surface area contributed by atoms with Gasteiger partial charge in [0.1, 0.15) is 0 Å². The van der Waals surface area contributed by atoms with Gasteiger partial charge in [-0.15, -0.1) is 0 Å². The van der Waals surface area contributed by atoms with Crippen molar-refractivity contribution >= 4 is 22.6 Å². The number of hydrogen-bond donors (Lipinski definition) is 3. The number of likely N-dealkylation sites (N-methyl/N-ethyl adjacent to an activating group) is 1. The van der Waals surface area contributed by atoms with E-state index in [9.17, 15) is 9.59 Å². The van der Waals surface area contributed by atoms with Crippen molar-refractivity contribution in [2.45, 2.75) is 26.4 Å². The van der Waals surface area contributed by atoms with E-state index in [-0.39, 0.29) is 17.6 Å². The summed E-state index contributed by atoms with van der Waals surface area (Å²) in [6.45, 7) is 4.90. The van der Waals surface area contributed by atoms with Gasteiger partial charge in [0, 0.05) is 12.2 Å². The van der Waals surface area contributed by atoms with Crippen LogP contribution < -0.4 is 20.5 Å². The Balaban J connectivity index is 1.66. The minimum absolute atomic E-state index is 0.136. The third kappa shape index (κ3) is 4.78. The molecule has 0 aliphatic rings. The number of H-pyrrole nitrogens is 2. The van der Waals surface area contributed by atoms with Crippen molar-refractivity contribution in [1.82, 2.24) is 14.9 Å². The van der Waals surface area contributed by atoms with Crippen LogP contribution in [0.3, 0.4) is 0 Å². The number of imidazole rings is 1. The van der Waals surface area contributed by atoms with Crippen molar-refractivity contribution in [2.24, 2.45) is 0 Å². The summed E-state index contributed by atoms with van der Waals surface area (Å²) in [5, 5.41) is 2.90. The summed E-state index contributed by atoms with van der Waals surface area (Å²) in [7, 11) is 3.50. The van der Waals surface area contributed by atoms with Gasteiger partial charge in [-0.2, -0.15) is 0 Å². The lowest BCUT2D eigenvalue weighted by atomic mass is 10.1. The molecule has 0 aliphatic heterocycles. The average molecular weight is 398 g/mol. The Morgan fingerprint density at radius 3 is 2.62 bits per heavy atom. The number of aromatic nitrogens is 2. The maximum atomic E-state index is 12.7. The molecule has 0 saturated carbocycles. The summed E-state index contributed by atoms with van der Waals surface area (Å²) in [6.07, 6.45) is 0. The Morgan fingerprint density at radius 2 is 1.90 bits per heavy atom. The highest BCUT2D eigenvalue weighted by Crippen LogP contribution is 2.28. The number of aromatic amines is 2. The van der Waals surface area contributed by atoms with Gasteiger partial charge < -0.3 is 24.8 Å². The van der Waals surface area contributed by atoms with E-state index in [0.29, 0.717) is 41.4 Å². The van der Waals surface area contributed by atoms with Gasteiger partial charge in [0.15, 0.2) is 11.5 Å². The predicted molar refractivity (Wildman–Crippen MR) is 113 cm³/mol. The van der Waals surface area contributed by atoms with E-state index in [1.807, 2.05) is 44.0 Å². The Morgan fingerprint density at radius 1 is 1.14 bits per heavy atom. The van der Waals surface area contributed by atoms with Crippen molar-refractivity contribution in [1.29, 1.82) is 0 Å². The molecule has 0 bridgehead atoms. The van der Waals surface area contributed by atoms with Gasteiger partial charge in [0.25, 0.3) is 0 Å². The lowest BCUT2D eigenvalue weighted by Gasteiger charge is -2.24. The Labute approximate surface area is 168 Å². The summed E-state index contributed by atoms with van der Waals surface area (Å²) in [5.74, 6) is 1.23. The third-order valence-electron chi connectivity index (χ3n) is 4.78. The largest absolute Gasteiger partial charge is 0.493 e. The maximum absolute atomic E-state index is 12.7. The van der Waals surface area contributed by atoms with Gasteiger partial charge in [0.2, 0.25) is 5.91 Å². The number of carbonyl (C=O) groups excluding carboxylic acids is 1. The number of benzene rings is 2. The van der Waals surface area contributed by atoms with E-state index in [0.717, 1.165) is 5.56 Å². The standard InChI is InChI=1S/C21H26N4O4/c1-5-29-18-9-6-14(10-19(18)28-4)12-25(3)13(2)20(26)22-15-7-8-16-17(11-15)24-21(27)23-16/h6-11,13H,5,12H2,1-4H3,(H,22,26)(H2,23,24,27)/t13-/m0/s1. The molecule has 0 saturated heterocycles. The van der Waals surface area contributed by atoms with E-state index in [4.69, 9.17) is 9.47 Å². The molecule has 0 unspecified atom stereocenters. The van der Waals surface area contributed by atoms with Crippen LogP contribution in [0.2, 0.25) is 0 Å². The van der Waals surface area contributed by atoms with E-state index >= 15 is 0 Å². The second-order valence-electron chi connectivity index (χ2n) is 6.84. The van der Waals surface area contributed by atoms with Crippen LogP contribution in [-0.4, -0.2) is 47.6 Å². The van der Waals surface area contributed by atoms with Crippen molar-refractivity contribution < 1.29 is 14.3 Å². The van der Waals surface area contributed by atoms with Crippen LogP contribution >= 0.6 is 0 Å². The summed E-state index contributed by atoms with van der Waals surface area (Å²) in [5.41, 5.74) is 2.71. The second kappa shape index (κ2) is 8.83. The maximum Gasteiger partial charge on any atom is 0.323 e. The molecule has 1 amide bonds. The van der Waals surface area contributed by atoms with Crippen LogP contribution in [0.15, 0.2) is 41.2 Å². The smallest absolute Gasteiger partial charge is 0.323 e. The molecule has 3 aromatic rings. The first-order chi connectivity index (χ1) is 13.9. The van der Waals surface area contributed by atoms with E-state index in [1.54, 1.807) is 25.3 Å². The molecule has 0 radical (unpaired) electrons. The van der Waals surface area contributed by atoms with Gasteiger partial charge in [-0.3, -0.25) is 9.69 Å². The summed E-state index contributed by atoms with van der Waals surface area (Å²) in [6, 6.07) is 10.6. The predicted octanol–water partition coefficient (Wildman–Crippen LogP) is 2.72. The number of nitrogens with zero attached hydrogens (tertiary/aromatic N) is 1. The monoisotopic (exact) mass is 398 g/mol. The fourth-order valence-electron chi connectivity index (χ4n) is 3.07. The van der Waals surface area contributed by atoms with E-state index in [1.165, 1.54) is 0 Å². The molecule has 8 heteroatoms. The zero-order valence-corrected chi connectivity index (χ0v) is 17.0. The topological polar surface area (TPSA) is 99.5 Å². The number of amides is 1. The highest BCUT2D eigenvalue weighted by molar-refractivity contribution is 5.96. The molecule has 1 aromatic heterocycles. The molecule has 3 N–H and O–H groups in total. The van der Waals surface area contributed by atoms with Crippen LogP contribution in [0.4, 0.5) is 5.69 Å². The molecule has 0 aliphatic carbocycles. The molecule has 2 aromatic carbocycles. The lowest BCUT2D eigenvalue weighted by Crippen LogP contribution is -2.39. The quantitative estimate of drug-likeness (QED) is 0.542. The van der Waals surface area contributed by atoms with Gasteiger partial charge in [0.05, 0.1) is 30.8 Å². The molecule has 29 heavy (non-hydrogen) atoms. The van der Waals surface area contributed by atoms with Crippen LogP contribution in [0.1, 0.15) is 19.4 Å². The molecule has 154 valence electrons. The lowest BCUT2D eigenvalue weighted by molar-refractivity contribution is -0.120. The number of carbonyl (C=O) groups is 1. The highest BCUT2D eigenvalue weighted by atomic mass is 16.5. The number of methoxy groups -OCH3 is 1. The molecule has 3 rings (SSSR count). The van der Waals surface area contributed by atoms with Crippen LogP contribution in [-0.2, 0) is 11.3 Å². The van der Waals surface area contributed by atoms with Gasteiger partial charge in [-0.1, -0.05) is 6.07 Å². The number of nitrogens with one attached hydrogen (secondary N) is 3. The molecule has 0 spiro atoms. The first-order valence-corrected chi connectivity index (χ1v) is 9.44. The van der Waals surface area contributed by atoms with Gasteiger partial charge in [-0.05, 0) is 56.8 Å². The van der Waals surface area contributed by atoms with Crippen molar-refractivity contribution in [3.05, 3.63) is 52.4 Å². The van der Waals surface area contributed by atoms with Crippen LogP contribution in [0.25, 0.3) is 11.0 Å². The van der Waals surface area contributed by atoms with Crippen molar-refractivity contribution in [3.63, 3.8) is 0 Å². The van der Waals surface area contributed by atoms with Crippen molar-refractivity contribution in [2.75, 3.05) is 26.1 Å². The number of ether oxygens (including phenoxy) is 2. The Kier molecular flexibility index (Phi) is 6.23. The zero-order chi connectivity index (χ0) is 21.0. The van der Waals surface area contributed by atoms with Crippen molar-refractivity contribution in [3.8, 4) is 11.5 Å². The molecule has 0 fully saturated rings. The Bertz CT molecular complexity index is 1060. The van der Waals surface area contributed by atoms with Crippen LogP contribution in [0.5, 0.6) is 11.5 Å². The number of anilines is 1. The molecular formula is C21H26N4O4. The van der Waals surface area contributed by atoms with E-state index < -0.39 is 0 Å². The second-order valence-corrected chi connectivity index (χ2v) is 6.84. The molecule has 1 atom stereocenters. The fourth-order valence-corrected chi connectivity index (χ4v) is 3.07. The summed E-state index contributed by atoms with van der Waals surface area (Å²) >= 11 is 0. The van der Waals surface area contributed by atoms with Crippen LogP contribution in [0, 0.1) is 0 Å². The summed E-state index contributed by atoms with van der Waals surface area (Å²) in [4.78, 5) is 31.4. The first kappa shape index (κ1) is 20.5. The third-order valence-corrected chi connectivity index (χ3v) is 4.78. The number of rotatable bonds is 8. The zero-order valence-electron chi connectivity index (χ0n) is 17.0. The normalized spacial score (nSPS) is 12.2. The first-order valence-electron chi connectivity index (χ1n) is 9.44. The minimum Gasteiger partial charge on any atom is -0.493 e. The highest BCUT2D eigenvalue weighted by Gasteiger charge is 2.19. The van der Waals surface area contributed by atoms with Gasteiger partial charge >= 0.3 is 5.69 Å². The number of fused-ring (bicyclic) bond motifs is 1. The minimum atomic E-state index is -0.367. The summed E-state index contributed by atoms with van der Waals surface area (Å²) < 4.78 is 10.9. The number of hydrogen-bond acceptors (Lipinski definition) is 5. The molecule has 1 heterocycles. The molecular weight excluding hydrogens is 372 g/mol. The Hall–Kier alpha value is -3.26. The fraction of sp³-hybridized carbons (Fsp3) is 0.333.